The van der Waals surface area contributed by atoms with Crippen molar-refractivity contribution in [2.24, 2.45) is 0 Å². The fourth-order valence-corrected chi connectivity index (χ4v) is 3.32. The average molecular weight is 347 g/mol. The minimum atomic E-state index is -4.39. The Balaban J connectivity index is 1.63. The third-order valence-corrected chi connectivity index (χ3v) is 4.63. The summed E-state index contributed by atoms with van der Waals surface area (Å²) >= 11 is 1.02. The van der Waals surface area contributed by atoms with Crippen LogP contribution in [0.1, 0.15) is 30.3 Å². The number of thiazole rings is 1. The number of rotatable bonds is 3. The van der Waals surface area contributed by atoms with Gasteiger partial charge in [0.2, 0.25) is 5.89 Å². The molecular weight excluding hydrogens is 331 g/mol. The highest BCUT2D eigenvalue weighted by Gasteiger charge is 2.35. The number of hydrogen-bond donors (Lipinski definition) is 0. The van der Waals surface area contributed by atoms with Crippen LogP contribution in [0.4, 0.5) is 24.3 Å². The van der Waals surface area contributed by atoms with Gasteiger partial charge in [-0.25, -0.2) is 4.98 Å². The summed E-state index contributed by atoms with van der Waals surface area (Å²) in [4.78, 5) is 11.7. The van der Waals surface area contributed by atoms with Crippen LogP contribution in [0.5, 0.6) is 0 Å². The first kappa shape index (κ1) is 16.0. The Kier molecular flexibility index (Phi) is 4.17. The molecule has 10 heteroatoms. The maximum atomic E-state index is 12.6. The lowest BCUT2D eigenvalue weighted by atomic mass is 9.97. The molecule has 1 saturated heterocycles. The Hall–Kier alpha value is -1.84. The van der Waals surface area contributed by atoms with Crippen LogP contribution in [0.25, 0.3) is 0 Å². The third kappa shape index (κ3) is 3.41. The van der Waals surface area contributed by atoms with Gasteiger partial charge in [-0.2, -0.15) is 18.2 Å². The van der Waals surface area contributed by atoms with E-state index in [9.17, 15) is 13.2 Å². The smallest absolute Gasteiger partial charge is 0.348 e. The van der Waals surface area contributed by atoms with Gasteiger partial charge in [0, 0.05) is 38.5 Å². The molecule has 2 aromatic heterocycles. The van der Waals surface area contributed by atoms with Crippen LogP contribution in [0.15, 0.2) is 9.90 Å². The van der Waals surface area contributed by atoms with E-state index in [1.165, 1.54) is 0 Å². The molecule has 0 aromatic carbocycles. The summed E-state index contributed by atoms with van der Waals surface area (Å²) in [5.41, 5.74) is -0.827. The molecular formula is C13H16F3N5OS. The second-order valence-corrected chi connectivity index (χ2v) is 6.44. The first-order chi connectivity index (χ1) is 10.8. The van der Waals surface area contributed by atoms with Gasteiger partial charge >= 0.3 is 6.18 Å². The van der Waals surface area contributed by atoms with Gasteiger partial charge in [-0.15, -0.1) is 11.3 Å². The monoisotopic (exact) mass is 347 g/mol. The summed E-state index contributed by atoms with van der Waals surface area (Å²) in [6.45, 7) is 1.24. The molecule has 0 bridgehead atoms. The molecule has 23 heavy (non-hydrogen) atoms. The normalized spacial score (nSPS) is 16.8. The van der Waals surface area contributed by atoms with Crippen molar-refractivity contribution in [3.05, 3.63) is 17.0 Å². The van der Waals surface area contributed by atoms with Crippen molar-refractivity contribution in [3.63, 3.8) is 0 Å². The van der Waals surface area contributed by atoms with Gasteiger partial charge in [0.1, 0.15) is 0 Å². The zero-order chi connectivity index (χ0) is 16.6. The van der Waals surface area contributed by atoms with Crippen molar-refractivity contribution < 1.29 is 17.7 Å². The second kappa shape index (κ2) is 5.99. The molecule has 0 N–H and O–H groups in total. The van der Waals surface area contributed by atoms with Gasteiger partial charge < -0.3 is 14.3 Å². The molecule has 0 saturated carbocycles. The van der Waals surface area contributed by atoms with E-state index in [0.717, 1.165) is 29.6 Å². The van der Waals surface area contributed by atoms with Gasteiger partial charge in [-0.1, -0.05) is 0 Å². The van der Waals surface area contributed by atoms with E-state index in [1.807, 2.05) is 19.0 Å². The Bertz CT molecular complexity index is 661. The fourth-order valence-electron chi connectivity index (χ4n) is 2.43. The van der Waals surface area contributed by atoms with Crippen molar-refractivity contribution in [1.29, 1.82) is 0 Å². The molecule has 0 radical (unpaired) electrons. The van der Waals surface area contributed by atoms with Crippen LogP contribution in [0.3, 0.4) is 0 Å². The third-order valence-electron chi connectivity index (χ3n) is 3.73. The Morgan fingerprint density at radius 3 is 2.48 bits per heavy atom. The molecule has 0 unspecified atom stereocenters. The lowest BCUT2D eigenvalue weighted by Gasteiger charge is -2.29. The van der Waals surface area contributed by atoms with Crippen molar-refractivity contribution in [1.82, 2.24) is 15.1 Å². The summed E-state index contributed by atoms with van der Waals surface area (Å²) < 4.78 is 43.1. The van der Waals surface area contributed by atoms with E-state index >= 15 is 0 Å². The van der Waals surface area contributed by atoms with Crippen LogP contribution in [0.2, 0.25) is 0 Å². The van der Waals surface area contributed by atoms with E-state index in [0.29, 0.717) is 30.1 Å². The number of hydrogen-bond acceptors (Lipinski definition) is 7. The highest BCUT2D eigenvalue weighted by atomic mass is 32.1. The zero-order valence-corrected chi connectivity index (χ0v) is 13.5. The minimum Gasteiger partial charge on any atom is -0.348 e. The molecule has 126 valence electrons. The number of halogens is 3. The molecule has 3 heterocycles. The number of piperidine rings is 1. The van der Waals surface area contributed by atoms with E-state index < -0.39 is 11.9 Å². The molecule has 0 spiro atoms. The van der Waals surface area contributed by atoms with E-state index in [2.05, 4.69) is 15.1 Å². The topological polar surface area (TPSA) is 58.3 Å². The lowest BCUT2D eigenvalue weighted by Crippen LogP contribution is -2.33. The number of anilines is 2. The van der Waals surface area contributed by atoms with Crippen LogP contribution >= 0.6 is 11.3 Å². The molecule has 3 rings (SSSR count). The van der Waals surface area contributed by atoms with E-state index in [-0.39, 0.29) is 5.92 Å². The Morgan fingerprint density at radius 2 is 1.96 bits per heavy atom. The predicted molar refractivity (Wildman–Crippen MR) is 79.9 cm³/mol. The Labute approximate surface area is 134 Å². The predicted octanol–water partition coefficient (Wildman–Crippen LogP) is 2.99. The zero-order valence-electron chi connectivity index (χ0n) is 12.7. The molecule has 0 aliphatic carbocycles. The maximum Gasteiger partial charge on any atom is 0.434 e. The summed E-state index contributed by atoms with van der Waals surface area (Å²) in [5.74, 6) is 1.25. The van der Waals surface area contributed by atoms with E-state index in [4.69, 9.17) is 4.52 Å². The van der Waals surface area contributed by atoms with E-state index in [1.54, 1.807) is 4.90 Å². The van der Waals surface area contributed by atoms with Crippen LogP contribution < -0.4 is 9.80 Å². The molecule has 2 aromatic rings. The Morgan fingerprint density at radius 1 is 1.26 bits per heavy atom. The van der Waals surface area contributed by atoms with Gasteiger partial charge in [0.25, 0.3) is 5.95 Å². The fraction of sp³-hybridized carbons (Fsp3) is 0.615. The molecule has 1 fully saturated rings. The molecule has 6 nitrogen and oxygen atoms in total. The maximum absolute atomic E-state index is 12.6. The second-order valence-electron chi connectivity index (χ2n) is 5.60. The quantitative estimate of drug-likeness (QED) is 0.851. The summed E-state index contributed by atoms with van der Waals surface area (Å²) in [6.07, 6.45) is -2.90. The molecule has 0 atom stereocenters. The summed E-state index contributed by atoms with van der Waals surface area (Å²) in [5, 5.41) is 5.36. The largest absolute Gasteiger partial charge is 0.434 e. The van der Waals surface area contributed by atoms with Crippen molar-refractivity contribution in [3.8, 4) is 0 Å². The van der Waals surface area contributed by atoms with Crippen molar-refractivity contribution >= 4 is 22.4 Å². The standard InChI is InChI=1S/C13H16F3N5OS/c1-20(2)11-18-10(22-19-11)8-3-5-21(6-4-8)12-17-9(7-23-12)13(14,15)16/h7-8H,3-6H2,1-2H3. The minimum absolute atomic E-state index is 0.134. The van der Waals surface area contributed by atoms with Gasteiger partial charge in [0.05, 0.1) is 0 Å². The van der Waals surface area contributed by atoms with Crippen LogP contribution in [-0.4, -0.2) is 42.3 Å². The van der Waals surface area contributed by atoms with Gasteiger partial charge in [0.15, 0.2) is 10.8 Å². The highest BCUT2D eigenvalue weighted by Crippen LogP contribution is 2.35. The number of alkyl halides is 3. The number of nitrogens with zero attached hydrogens (tertiary/aromatic N) is 5. The average Bonchev–Trinajstić information content (AvgIpc) is 3.16. The van der Waals surface area contributed by atoms with Crippen molar-refractivity contribution in [2.45, 2.75) is 24.9 Å². The molecule has 0 amide bonds. The molecule has 1 aliphatic heterocycles. The van der Waals surface area contributed by atoms with Crippen LogP contribution in [0, 0.1) is 0 Å². The summed E-state index contributed by atoms with van der Waals surface area (Å²) in [7, 11) is 3.66. The lowest BCUT2D eigenvalue weighted by molar-refractivity contribution is -0.140. The SMILES string of the molecule is CN(C)c1noc(C2CCN(c3nc(C(F)(F)F)cs3)CC2)n1. The van der Waals surface area contributed by atoms with Crippen LogP contribution in [-0.2, 0) is 6.18 Å². The molecule has 1 aliphatic rings. The summed E-state index contributed by atoms with van der Waals surface area (Å²) in [6, 6.07) is 0. The van der Waals surface area contributed by atoms with Crippen molar-refractivity contribution in [2.75, 3.05) is 37.0 Å². The highest BCUT2D eigenvalue weighted by molar-refractivity contribution is 7.13. The first-order valence-corrected chi connectivity index (χ1v) is 8.01. The first-order valence-electron chi connectivity index (χ1n) is 7.13. The van der Waals surface area contributed by atoms with Gasteiger partial charge in [-0.05, 0) is 18.0 Å². The number of aromatic nitrogens is 3. The van der Waals surface area contributed by atoms with Gasteiger partial charge in [-0.3, -0.25) is 0 Å².